The van der Waals surface area contributed by atoms with Crippen LogP contribution in [0.5, 0.6) is 0 Å². The molecule has 9 nitrogen and oxygen atoms in total. The zero-order valence-corrected chi connectivity index (χ0v) is 16.3. The van der Waals surface area contributed by atoms with Gasteiger partial charge in [0.05, 0.1) is 11.1 Å². The SMILES string of the molecule is CC1(c2nc3c(C(N)=O)cccc3[nH]2)CCNC1.O=C(O)C(F)(F)F.O=C(O)C(F)(F)F. The van der Waals surface area contributed by atoms with Crippen LogP contribution in [0.2, 0.25) is 0 Å². The number of rotatable bonds is 2. The lowest BCUT2D eigenvalue weighted by atomic mass is 9.89. The fourth-order valence-electron chi connectivity index (χ4n) is 2.54. The van der Waals surface area contributed by atoms with E-state index in [1.54, 1.807) is 6.07 Å². The molecule has 1 saturated heterocycles. The molecule has 0 saturated carbocycles. The average molecular weight is 472 g/mol. The Morgan fingerprint density at radius 1 is 1.06 bits per heavy atom. The maximum Gasteiger partial charge on any atom is 0.490 e. The van der Waals surface area contributed by atoms with E-state index in [2.05, 4.69) is 22.2 Å². The molecule has 1 amide bonds. The molecule has 1 aromatic carbocycles. The van der Waals surface area contributed by atoms with Crippen molar-refractivity contribution in [2.75, 3.05) is 13.1 Å². The number of para-hydroxylation sites is 1. The number of carbonyl (C=O) groups is 3. The minimum absolute atomic E-state index is 0.00787. The lowest BCUT2D eigenvalue weighted by Gasteiger charge is -2.18. The van der Waals surface area contributed by atoms with Gasteiger partial charge in [0.1, 0.15) is 11.3 Å². The van der Waals surface area contributed by atoms with Crippen LogP contribution < -0.4 is 11.1 Å². The second kappa shape index (κ2) is 9.84. The molecule has 0 radical (unpaired) electrons. The highest BCUT2D eigenvalue weighted by Gasteiger charge is 2.39. The monoisotopic (exact) mass is 472 g/mol. The number of carboxylic acid groups (broad SMARTS) is 2. The van der Waals surface area contributed by atoms with Gasteiger partial charge in [0, 0.05) is 12.0 Å². The molecule has 2 heterocycles. The van der Waals surface area contributed by atoms with Gasteiger partial charge in [-0.1, -0.05) is 13.0 Å². The number of nitrogens with zero attached hydrogens (tertiary/aromatic N) is 1. The van der Waals surface area contributed by atoms with Gasteiger partial charge in [0.25, 0.3) is 5.91 Å². The number of hydrogen-bond donors (Lipinski definition) is 5. The third kappa shape index (κ3) is 7.11. The zero-order chi connectivity index (χ0) is 24.9. The number of aliphatic carboxylic acids is 2. The molecule has 1 fully saturated rings. The normalized spacial score (nSPS) is 18.2. The largest absolute Gasteiger partial charge is 0.490 e. The lowest BCUT2D eigenvalue weighted by molar-refractivity contribution is -0.193. The molecular weight excluding hydrogens is 454 g/mol. The first-order valence-electron chi connectivity index (χ1n) is 8.59. The van der Waals surface area contributed by atoms with Crippen molar-refractivity contribution in [2.24, 2.45) is 5.73 Å². The van der Waals surface area contributed by atoms with Crippen molar-refractivity contribution in [3.8, 4) is 0 Å². The Balaban J connectivity index is 0.000000305. The Labute approximate surface area is 175 Å². The number of nitrogens with two attached hydrogens (primary N) is 1. The molecule has 6 N–H and O–H groups in total. The Bertz CT molecular complexity index is 956. The van der Waals surface area contributed by atoms with Crippen molar-refractivity contribution in [1.82, 2.24) is 15.3 Å². The highest BCUT2D eigenvalue weighted by atomic mass is 19.4. The maximum absolute atomic E-state index is 11.4. The van der Waals surface area contributed by atoms with E-state index in [-0.39, 0.29) is 5.41 Å². The van der Waals surface area contributed by atoms with E-state index in [0.717, 1.165) is 30.9 Å². The van der Waals surface area contributed by atoms with Crippen LogP contribution in [0.3, 0.4) is 0 Å². The van der Waals surface area contributed by atoms with Crippen LogP contribution >= 0.6 is 0 Å². The summed E-state index contributed by atoms with van der Waals surface area (Å²) in [5.41, 5.74) is 7.40. The number of halogens is 6. The number of hydrogen-bond acceptors (Lipinski definition) is 5. The van der Waals surface area contributed by atoms with Crippen LogP contribution in [0, 0.1) is 0 Å². The fraction of sp³-hybridized carbons (Fsp3) is 0.412. The number of imidazole rings is 1. The molecule has 32 heavy (non-hydrogen) atoms. The average Bonchev–Trinajstić information content (AvgIpc) is 3.28. The van der Waals surface area contributed by atoms with Gasteiger partial charge in [-0.25, -0.2) is 14.6 Å². The summed E-state index contributed by atoms with van der Waals surface area (Å²) in [5.74, 6) is -5.02. The number of carboxylic acids is 2. The molecular formula is C17H18F6N4O5. The molecule has 1 atom stereocenters. The molecule has 0 aliphatic carbocycles. The number of aromatic amines is 1. The Morgan fingerprint density at radius 2 is 1.56 bits per heavy atom. The Kier molecular flexibility index (Phi) is 8.21. The molecule has 1 aliphatic rings. The summed E-state index contributed by atoms with van der Waals surface area (Å²) in [6.45, 7) is 4.07. The molecule has 178 valence electrons. The minimum Gasteiger partial charge on any atom is -0.475 e. The third-order valence-electron chi connectivity index (χ3n) is 4.20. The summed E-state index contributed by atoms with van der Waals surface area (Å²) in [4.78, 5) is 37.1. The maximum atomic E-state index is 11.4. The Morgan fingerprint density at radius 3 is 1.94 bits per heavy atom. The van der Waals surface area contributed by atoms with Gasteiger partial charge in [-0.2, -0.15) is 26.3 Å². The number of benzene rings is 1. The smallest absolute Gasteiger partial charge is 0.475 e. The zero-order valence-electron chi connectivity index (χ0n) is 16.3. The van der Waals surface area contributed by atoms with E-state index in [1.165, 1.54) is 0 Å². The van der Waals surface area contributed by atoms with Crippen molar-refractivity contribution in [1.29, 1.82) is 0 Å². The van der Waals surface area contributed by atoms with Crippen molar-refractivity contribution in [3.63, 3.8) is 0 Å². The number of aromatic nitrogens is 2. The first kappa shape index (κ1) is 26.7. The summed E-state index contributed by atoms with van der Waals surface area (Å²) in [6.07, 6.45) is -9.13. The van der Waals surface area contributed by atoms with Crippen LogP contribution in [0.25, 0.3) is 11.0 Å². The van der Waals surface area contributed by atoms with E-state index in [9.17, 15) is 31.1 Å². The first-order chi connectivity index (χ1) is 14.5. The molecule has 3 rings (SSSR count). The van der Waals surface area contributed by atoms with Gasteiger partial charge in [-0.05, 0) is 25.1 Å². The van der Waals surface area contributed by atoms with Crippen molar-refractivity contribution < 1.29 is 50.9 Å². The van der Waals surface area contributed by atoms with Crippen LogP contribution in [0.4, 0.5) is 26.3 Å². The lowest BCUT2D eigenvalue weighted by Crippen LogP contribution is -2.26. The van der Waals surface area contributed by atoms with Crippen LogP contribution in [-0.2, 0) is 15.0 Å². The predicted molar refractivity (Wildman–Crippen MR) is 96.8 cm³/mol. The molecule has 15 heteroatoms. The molecule has 2 aromatic rings. The van der Waals surface area contributed by atoms with Crippen LogP contribution in [0.15, 0.2) is 18.2 Å². The number of nitrogens with one attached hydrogen (secondary N) is 2. The van der Waals surface area contributed by atoms with E-state index >= 15 is 0 Å². The van der Waals surface area contributed by atoms with Crippen LogP contribution in [-0.4, -0.2) is 63.5 Å². The van der Waals surface area contributed by atoms with E-state index in [4.69, 9.17) is 25.5 Å². The summed E-state index contributed by atoms with van der Waals surface area (Å²) < 4.78 is 63.5. The highest BCUT2D eigenvalue weighted by Crippen LogP contribution is 2.30. The van der Waals surface area contributed by atoms with Crippen molar-refractivity contribution in [3.05, 3.63) is 29.6 Å². The topological polar surface area (TPSA) is 158 Å². The van der Waals surface area contributed by atoms with Crippen molar-refractivity contribution >= 4 is 28.9 Å². The molecule has 1 unspecified atom stereocenters. The minimum atomic E-state index is -5.08. The standard InChI is InChI=1S/C13H16N4O.2C2HF3O2/c1-13(5-6-15-7-13)12-16-9-4-2-3-8(11(14)18)10(9)17-12;2*3-2(4,5)1(6)7/h2-4,15H,5-7H2,1H3,(H2,14,18)(H,16,17);2*(H,6,7). The van der Waals surface area contributed by atoms with Gasteiger partial charge in [0.2, 0.25) is 0 Å². The summed E-state index contributed by atoms with van der Waals surface area (Å²) >= 11 is 0. The summed E-state index contributed by atoms with van der Waals surface area (Å²) in [6, 6.07) is 5.45. The second-order valence-electron chi connectivity index (χ2n) is 6.74. The quantitative estimate of drug-likeness (QED) is 0.419. The number of H-pyrrole nitrogens is 1. The number of fused-ring (bicyclic) bond motifs is 1. The van der Waals surface area contributed by atoms with Crippen LogP contribution in [0.1, 0.15) is 29.5 Å². The van der Waals surface area contributed by atoms with Gasteiger partial charge >= 0.3 is 24.3 Å². The molecule has 0 bridgehead atoms. The van der Waals surface area contributed by atoms with Gasteiger partial charge < -0.3 is 26.2 Å². The van der Waals surface area contributed by atoms with E-state index < -0.39 is 30.2 Å². The van der Waals surface area contributed by atoms with Gasteiger partial charge in [0.15, 0.2) is 0 Å². The van der Waals surface area contributed by atoms with Crippen molar-refractivity contribution in [2.45, 2.75) is 31.1 Å². The number of carbonyl (C=O) groups excluding carboxylic acids is 1. The van der Waals surface area contributed by atoms with E-state index in [0.29, 0.717) is 11.1 Å². The predicted octanol–water partition coefficient (Wildman–Crippen LogP) is 2.18. The molecule has 0 spiro atoms. The number of primary amides is 1. The molecule has 1 aliphatic heterocycles. The van der Waals surface area contributed by atoms with E-state index in [1.807, 2.05) is 12.1 Å². The summed E-state index contributed by atoms with van der Waals surface area (Å²) in [5, 5.41) is 17.6. The number of alkyl halides is 6. The first-order valence-corrected chi connectivity index (χ1v) is 8.59. The number of amides is 1. The summed E-state index contributed by atoms with van der Waals surface area (Å²) in [7, 11) is 0. The Hall–Kier alpha value is -3.36. The molecule has 1 aromatic heterocycles. The fourth-order valence-corrected chi connectivity index (χ4v) is 2.54. The van der Waals surface area contributed by atoms with Gasteiger partial charge in [-0.15, -0.1) is 0 Å². The third-order valence-corrected chi connectivity index (χ3v) is 4.20. The highest BCUT2D eigenvalue weighted by molar-refractivity contribution is 6.04. The second-order valence-corrected chi connectivity index (χ2v) is 6.74. The van der Waals surface area contributed by atoms with Gasteiger partial charge in [-0.3, -0.25) is 4.79 Å².